The lowest BCUT2D eigenvalue weighted by Gasteiger charge is -2.14. The molecule has 0 saturated heterocycles. The van der Waals surface area contributed by atoms with Crippen molar-refractivity contribution in [3.8, 4) is 0 Å². The Bertz CT molecular complexity index is 129. The molecule has 0 aliphatic rings. The molecule has 0 aromatic rings. The molecular formula is C8H15NO. The molecule has 0 unspecified atom stereocenters. The summed E-state index contributed by atoms with van der Waals surface area (Å²) in [5, 5.41) is 0. The van der Waals surface area contributed by atoms with Crippen LogP contribution in [0.25, 0.3) is 0 Å². The summed E-state index contributed by atoms with van der Waals surface area (Å²) in [5.41, 5.74) is 0. The summed E-state index contributed by atoms with van der Waals surface area (Å²) in [6.45, 7) is 5.48. The number of nitrogens with zero attached hydrogens (tertiary/aromatic N) is 1. The number of rotatable bonds is 3. The van der Waals surface area contributed by atoms with Gasteiger partial charge in [0.05, 0.1) is 0 Å². The van der Waals surface area contributed by atoms with Crippen molar-refractivity contribution in [3.05, 3.63) is 12.7 Å². The minimum atomic E-state index is 0.0764. The SMILES string of the molecule is C=CC[C@@H](C)C(=O)N(C)C. The largest absolute Gasteiger partial charge is 0.349 e. The molecule has 0 saturated carbocycles. The second-order valence-electron chi connectivity index (χ2n) is 2.66. The Morgan fingerprint density at radius 2 is 2.20 bits per heavy atom. The van der Waals surface area contributed by atoms with E-state index in [0.29, 0.717) is 0 Å². The fourth-order valence-corrected chi connectivity index (χ4v) is 0.792. The Kier molecular flexibility index (Phi) is 3.77. The van der Waals surface area contributed by atoms with Crippen molar-refractivity contribution in [2.45, 2.75) is 13.3 Å². The molecule has 0 aromatic heterocycles. The zero-order chi connectivity index (χ0) is 8.15. The lowest BCUT2D eigenvalue weighted by Crippen LogP contribution is -2.27. The minimum Gasteiger partial charge on any atom is -0.349 e. The molecule has 0 heterocycles. The average molecular weight is 141 g/mol. The van der Waals surface area contributed by atoms with Crippen LogP contribution >= 0.6 is 0 Å². The van der Waals surface area contributed by atoms with E-state index in [1.54, 1.807) is 25.1 Å². The fourth-order valence-electron chi connectivity index (χ4n) is 0.792. The van der Waals surface area contributed by atoms with E-state index in [9.17, 15) is 4.79 Å². The van der Waals surface area contributed by atoms with Gasteiger partial charge in [-0.15, -0.1) is 6.58 Å². The Morgan fingerprint density at radius 1 is 1.70 bits per heavy atom. The van der Waals surface area contributed by atoms with Crippen LogP contribution in [0, 0.1) is 5.92 Å². The highest BCUT2D eigenvalue weighted by Gasteiger charge is 2.11. The molecule has 0 bridgehead atoms. The summed E-state index contributed by atoms with van der Waals surface area (Å²) >= 11 is 0. The number of carbonyl (C=O) groups is 1. The van der Waals surface area contributed by atoms with E-state index in [1.165, 1.54) is 0 Å². The van der Waals surface area contributed by atoms with Gasteiger partial charge in [-0.25, -0.2) is 0 Å². The van der Waals surface area contributed by atoms with Gasteiger partial charge in [-0.05, 0) is 6.42 Å². The summed E-state index contributed by atoms with van der Waals surface area (Å²) in [7, 11) is 3.53. The average Bonchev–Trinajstić information content (AvgIpc) is 1.87. The van der Waals surface area contributed by atoms with E-state index in [0.717, 1.165) is 6.42 Å². The molecule has 0 aliphatic heterocycles. The standard InChI is InChI=1S/C8H15NO/c1-5-6-7(2)8(10)9(3)4/h5,7H,1,6H2,2-4H3/t7-/m1/s1. The lowest BCUT2D eigenvalue weighted by atomic mass is 10.1. The minimum absolute atomic E-state index is 0.0764. The molecule has 0 fully saturated rings. The monoisotopic (exact) mass is 141 g/mol. The molecule has 0 aliphatic carbocycles. The highest BCUT2D eigenvalue weighted by atomic mass is 16.2. The van der Waals surface area contributed by atoms with E-state index in [1.807, 2.05) is 6.92 Å². The number of allylic oxidation sites excluding steroid dienone is 1. The van der Waals surface area contributed by atoms with Crippen LogP contribution in [0.2, 0.25) is 0 Å². The Balaban J connectivity index is 3.81. The van der Waals surface area contributed by atoms with E-state index < -0.39 is 0 Å². The maximum absolute atomic E-state index is 11.1. The maximum Gasteiger partial charge on any atom is 0.225 e. The second kappa shape index (κ2) is 4.09. The number of hydrogen-bond acceptors (Lipinski definition) is 1. The highest BCUT2D eigenvalue weighted by molar-refractivity contribution is 5.77. The molecule has 0 aromatic carbocycles. The van der Waals surface area contributed by atoms with Gasteiger partial charge in [0.15, 0.2) is 0 Å². The van der Waals surface area contributed by atoms with Gasteiger partial charge in [0.2, 0.25) is 5.91 Å². The van der Waals surface area contributed by atoms with Gasteiger partial charge in [-0.3, -0.25) is 4.79 Å². The third-order valence-corrected chi connectivity index (χ3v) is 1.38. The lowest BCUT2D eigenvalue weighted by molar-refractivity contribution is -0.132. The van der Waals surface area contributed by atoms with Crippen molar-refractivity contribution in [3.63, 3.8) is 0 Å². The molecule has 0 spiro atoms. The van der Waals surface area contributed by atoms with Gasteiger partial charge < -0.3 is 4.90 Å². The summed E-state index contributed by atoms with van der Waals surface area (Å²) in [5.74, 6) is 0.243. The normalized spacial score (nSPS) is 12.3. The van der Waals surface area contributed by atoms with E-state index in [4.69, 9.17) is 0 Å². The van der Waals surface area contributed by atoms with Crippen LogP contribution < -0.4 is 0 Å². The molecule has 1 atom stereocenters. The zero-order valence-electron chi connectivity index (χ0n) is 6.92. The summed E-state index contributed by atoms with van der Waals surface area (Å²) in [6.07, 6.45) is 2.53. The summed E-state index contributed by atoms with van der Waals surface area (Å²) < 4.78 is 0. The predicted molar refractivity (Wildman–Crippen MR) is 42.7 cm³/mol. The Morgan fingerprint density at radius 3 is 2.50 bits per heavy atom. The van der Waals surface area contributed by atoms with Crippen LogP contribution in [0.1, 0.15) is 13.3 Å². The molecule has 0 rings (SSSR count). The van der Waals surface area contributed by atoms with E-state index >= 15 is 0 Å². The van der Waals surface area contributed by atoms with Crippen LogP contribution in [0.3, 0.4) is 0 Å². The molecule has 2 heteroatoms. The third-order valence-electron chi connectivity index (χ3n) is 1.38. The quantitative estimate of drug-likeness (QED) is 0.542. The van der Waals surface area contributed by atoms with Gasteiger partial charge in [0, 0.05) is 20.0 Å². The van der Waals surface area contributed by atoms with Gasteiger partial charge >= 0.3 is 0 Å². The highest BCUT2D eigenvalue weighted by Crippen LogP contribution is 2.04. The first-order valence-electron chi connectivity index (χ1n) is 3.41. The molecular weight excluding hydrogens is 126 g/mol. The molecule has 0 N–H and O–H groups in total. The van der Waals surface area contributed by atoms with Crippen LogP contribution in [-0.4, -0.2) is 24.9 Å². The van der Waals surface area contributed by atoms with E-state index in [2.05, 4.69) is 6.58 Å². The Hall–Kier alpha value is -0.790. The third kappa shape index (κ3) is 2.67. The second-order valence-corrected chi connectivity index (χ2v) is 2.66. The number of carbonyl (C=O) groups excluding carboxylic acids is 1. The molecule has 1 amide bonds. The summed E-state index contributed by atoms with van der Waals surface area (Å²) in [4.78, 5) is 12.7. The predicted octanol–water partition coefficient (Wildman–Crippen LogP) is 1.29. The molecule has 58 valence electrons. The molecule has 10 heavy (non-hydrogen) atoms. The fraction of sp³-hybridized carbons (Fsp3) is 0.625. The number of amides is 1. The number of hydrogen-bond donors (Lipinski definition) is 0. The van der Waals surface area contributed by atoms with Gasteiger partial charge in [-0.1, -0.05) is 13.0 Å². The smallest absolute Gasteiger partial charge is 0.225 e. The van der Waals surface area contributed by atoms with Crippen molar-refractivity contribution in [1.29, 1.82) is 0 Å². The van der Waals surface area contributed by atoms with Crippen LogP contribution in [0.5, 0.6) is 0 Å². The Labute approximate surface area is 62.5 Å². The van der Waals surface area contributed by atoms with Gasteiger partial charge in [0.1, 0.15) is 0 Å². The zero-order valence-corrected chi connectivity index (χ0v) is 6.92. The van der Waals surface area contributed by atoms with Crippen molar-refractivity contribution in [2.75, 3.05) is 14.1 Å². The maximum atomic E-state index is 11.1. The molecule has 2 nitrogen and oxygen atoms in total. The van der Waals surface area contributed by atoms with Gasteiger partial charge in [0.25, 0.3) is 0 Å². The van der Waals surface area contributed by atoms with Crippen molar-refractivity contribution in [1.82, 2.24) is 4.90 Å². The molecule has 0 radical (unpaired) electrons. The van der Waals surface area contributed by atoms with Gasteiger partial charge in [-0.2, -0.15) is 0 Å². The first-order chi connectivity index (χ1) is 4.59. The topological polar surface area (TPSA) is 20.3 Å². The van der Waals surface area contributed by atoms with Crippen LogP contribution in [0.15, 0.2) is 12.7 Å². The first-order valence-corrected chi connectivity index (χ1v) is 3.41. The van der Waals surface area contributed by atoms with Crippen molar-refractivity contribution >= 4 is 5.91 Å². The van der Waals surface area contributed by atoms with Crippen LogP contribution in [0.4, 0.5) is 0 Å². The van der Waals surface area contributed by atoms with E-state index in [-0.39, 0.29) is 11.8 Å². The first kappa shape index (κ1) is 9.21. The summed E-state index contributed by atoms with van der Waals surface area (Å²) in [6, 6.07) is 0. The van der Waals surface area contributed by atoms with Crippen molar-refractivity contribution < 1.29 is 4.79 Å². The van der Waals surface area contributed by atoms with Crippen molar-refractivity contribution in [2.24, 2.45) is 5.92 Å². The van der Waals surface area contributed by atoms with Crippen LogP contribution in [-0.2, 0) is 4.79 Å².